The van der Waals surface area contributed by atoms with Crippen LogP contribution in [0.15, 0.2) is 66.0 Å². The number of hydrogen-bond acceptors (Lipinski definition) is 4. The molecule has 6 heteroatoms. The molecule has 140 valence electrons. The molecule has 1 aromatic heterocycles. The Hall–Kier alpha value is -2.99. The molecule has 0 aliphatic heterocycles. The monoisotopic (exact) mass is 382 g/mol. The van der Waals surface area contributed by atoms with E-state index in [0.29, 0.717) is 22.9 Å². The Kier molecular flexibility index (Phi) is 5.98. The van der Waals surface area contributed by atoms with Gasteiger partial charge in [-0.3, -0.25) is 0 Å². The van der Waals surface area contributed by atoms with E-state index in [1.807, 2.05) is 73.0 Å². The Morgan fingerprint density at radius 1 is 1.04 bits per heavy atom. The highest BCUT2D eigenvalue weighted by Crippen LogP contribution is 2.31. The van der Waals surface area contributed by atoms with Crippen LogP contribution in [0.3, 0.4) is 0 Å². The number of carbonyl (C=O) groups excluding carboxylic acids is 1. The second-order valence-corrected chi connectivity index (χ2v) is 6.99. The molecule has 0 aliphatic rings. The summed E-state index contributed by atoms with van der Waals surface area (Å²) in [6, 6.07) is 18.6. The Bertz CT molecular complexity index is 879. The van der Waals surface area contributed by atoms with Crippen molar-refractivity contribution < 1.29 is 14.3 Å². The second kappa shape index (κ2) is 8.60. The number of para-hydroxylation sites is 2. The van der Waals surface area contributed by atoms with Gasteiger partial charge in [-0.15, -0.1) is 11.3 Å². The van der Waals surface area contributed by atoms with E-state index in [1.54, 1.807) is 30.4 Å². The van der Waals surface area contributed by atoms with Gasteiger partial charge in [-0.05, 0) is 54.8 Å². The molecule has 0 saturated heterocycles. The van der Waals surface area contributed by atoms with E-state index in [0.717, 1.165) is 4.88 Å². The molecule has 2 aromatic carbocycles. The molecule has 1 atom stereocenters. The fraction of sp³-hybridized carbons (Fsp3) is 0.190. The summed E-state index contributed by atoms with van der Waals surface area (Å²) >= 11 is 1.64. The van der Waals surface area contributed by atoms with E-state index in [4.69, 9.17) is 9.47 Å². The Morgan fingerprint density at radius 3 is 2.37 bits per heavy atom. The molecule has 0 aliphatic carbocycles. The van der Waals surface area contributed by atoms with Crippen LogP contribution in [0, 0.1) is 0 Å². The van der Waals surface area contributed by atoms with Gasteiger partial charge >= 0.3 is 6.03 Å². The molecule has 0 fully saturated rings. The van der Waals surface area contributed by atoms with Crippen LogP contribution in [-0.2, 0) is 0 Å². The van der Waals surface area contributed by atoms with Crippen molar-refractivity contribution in [1.29, 1.82) is 0 Å². The molecule has 27 heavy (non-hydrogen) atoms. The minimum atomic E-state index is -0.158. The molecule has 0 saturated carbocycles. The Morgan fingerprint density at radius 2 is 1.74 bits per heavy atom. The van der Waals surface area contributed by atoms with E-state index in [-0.39, 0.29) is 12.1 Å². The summed E-state index contributed by atoms with van der Waals surface area (Å²) in [6.07, 6.45) is 0. The number of rotatable bonds is 6. The predicted octanol–water partition coefficient (Wildman–Crippen LogP) is 5.77. The van der Waals surface area contributed by atoms with E-state index in [9.17, 15) is 4.79 Å². The maximum absolute atomic E-state index is 12.5. The number of methoxy groups -OCH3 is 1. The van der Waals surface area contributed by atoms with Crippen LogP contribution in [0.5, 0.6) is 17.2 Å². The van der Waals surface area contributed by atoms with Gasteiger partial charge in [0.25, 0.3) is 0 Å². The summed E-state index contributed by atoms with van der Waals surface area (Å²) in [4.78, 5) is 15.3. The van der Waals surface area contributed by atoms with Crippen molar-refractivity contribution in [1.82, 2.24) is 4.90 Å². The van der Waals surface area contributed by atoms with E-state index < -0.39 is 0 Å². The molecule has 1 N–H and O–H groups in total. The number of amides is 2. The van der Waals surface area contributed by atoms with Crippen molar-refractivity contribution in [2.75, 3.05) is 19.5 Å². The molecular weight excluding hydrogens is 360 g/mol. The number of nitrogens with one attached hydrogen (secondary N) is 1. The van der Waals surface area contributed by atoms with Crippen LogP contribution in [-0.4, -0.2) is 25.1 Å². The number of benzene rings is 2. The summed E-state index contributed by atoms with van der Waals surface area (Å²) < 4.78 is 11.1. The maximum Gasteiger partial charge on any atom is 0.322 e. The van der Waals surface area contributed by atoms with Gasteiger partial charge in [-0.1, -0.05) is 18.2 Å². The highest BCUT2D eigenvalue weighted by molar-refractivity contribution is 7.10. The number of thiophene rings is 1. The first kappa shape index (κ1) is 18.8. The number of anilines is 1. The second-order valence-electron chi connectivity index (χ2n) is 6.01. The first-order valence-electron chi connectivity index (χ1n) is 8.56. The lowest BCUT2D eigenvalue weighted by atomic mass is 10.2. The van der Waals surface area contributed by atoms with E-state index in [1.165, 1.54) is 0 Å². The van der Waals surface area contributed by atoms with E-state index >= 15 is 0 Å². The quantitative estimate of drug-likeness (QED) is 0.588. The van der Waals surface area contributed by atoms with Gasteiger partial charge < -0.3 is 19.7 Å². The Labute approximate surface area is 163 Å². The minimum absolute atomic E-state index is 0.0122. The average molecular weight is 382 g/mol. The largest absolute Gasteiger partial charge is 0.493 e. The molecule has 3 aromatic rings. The molecule has 3 rings (SSSR count). The lowest BCUT2D eigenvalue weighted by Gasteiger charge is -2.24. The molecule has 2 amide bonds. The van der Waals surface area contributed by atoms with Crippen molar-refractivity contribution in [2.24, 2.45) is 0 Å². The molecular formula is C21H22N2O3S. The van der Waals surface area contributed by atoms with Crippen molar-refractivity contribution in [3.63, 3.8) is 0 Å². The molecule has 5 nitrogen and oxygen atoms in total. The van der Waals surface area contributed by atoms with Crippen LogP contribution < -0.4 is 14.8 Å². The molecule has 0 spiro atoms. The minimum Gasteiger partial charge on any atom is -0.493 e. The third-order valence-corrected chi connectivity index (χ3v) is 5.30. The summed E-state index contributed by atoms with van der Waals surface area (Å²) in [7, 11) is 3.40. The number of nitrogens with zero attached hydrogens (tertiary/aromatic N) is 1. The summed E-state index contributed by atoms with van der Waals surface area (Å²) in [6.45, 7) is 2.01. The smallest absolute Gasteiger partial charge is 0.322 e. The van der Waals surface area contributed by atoms with Crippen molar-refractivity contribution >= 4 is 23.1 Å². The molecule has 1 heterocycles. The van der Waals surface area contributed by atoms with Gasteiger partial charge in [0.1, 0.15) is 5.75 Å². The van der Waals surface area contributed by atoms with Gasteiger partial charge in [0.05, 0.1) is 13.2 Å². The standard InChI is InChI=1S/C21H22N2O3S/c1-15(20-9-6-14-27-20)23(2)21(24)22-16-10-12-17(13-11-16)26-19-8-5-4-7-18(19)25-3/h4-15H,1-3H3,(H,22,24). The van der Waals surface area contributed by atoms with Gasteiger partial charge in [-0.2, -0.15) is 0 Å². The normalized spacial score (nSPS) is 11.5. The number of ether oxygens (including phenoxy) is 2. The predicted molar refractivity (Wildman–Crippen MR) is 109 cm³/mol. The van der Waals surface area contributed by atoms with Crippen LogP contribution in [0.2, 0.25) is 0 Å². The molecule has 0 radical (unpaired) electrons. The third-order valence-electron chi connectivity index (χ3n) is 4.26. The van der Waals surface area contributed by atoms with Crippen molar-refractivity contribution in [3.8, 4) is 17.2 Å². The molecule has 1 unspecified atom stereocenters. The molecule has 0 bridgehead atoms. The fourth-order valence-electron chi connectivity index (χ4n) is 2.54. The number of carbonyl (C=O) groups is 1. The zero-order valence-corrected chi connectivity index (χ0v) is 16.3. The number of hydrogen-bond donors (Lipinski definition) is 1. The van der Waals surface area contributed by atoms with Gasteiger partial charge in [-0.25, -0.2) is 4.79 Å². The zero-order valence-electron chi connectivity index (χ0n) is 15.5. The zero-order chi connectivity index (χ0) is 19.2. The van der Waals surface area contributed by atoms with Crippen LogP contribution in [0.4, 0.5) is 10.5 Å². The van der Waals surface area contributed by atoms with Gasteiger partial charge in [0.2, 0.25) is 0 Å². The van der Waals surface area contributed by atoms with Crippen LogP contribution in [0.1, 0.15) is 17.8 Å². The average Bonchev–Trinajstić information content (AvgIpc) is 3.23. The summed E-state index contributed by atoms with van der Waals surface area (Å²) in [5.41, 5.74) is 0.706. The van der Waals surface area contributed by atoms with Gasteiger partial charge in [0.15, 0.2) is 11.5 Å². The first-order chi connectivity index (χ1) is 13.1. The van der Waals surface area contributed by atoms with Gasteiger partial charge in [0, 0.05) is 17.6 Å². The lowest BCUT2D eigenvalue weighted by Crippen LogP contribution is -2.33. The lowest BCUT2D eigenvalue weighted by molar-refractivity contribution is 0.209. The first-order valence-corrected chi connectivity index (χ1v) is 9.44. The van der Waals surface area contributed by atoms with Crippen molar-refractivity contribution in [3.05, 3.63) is 70.9 Å². The highest BCUT2D eigenvalue weighted by atomic mass is 32.1. The van der Waals surface area contributed by atoms with Crippen LogP contribution in [0.25, 0.3) is 0 Å². The SMILES string of the molecule is COc1ccccc1Oc1ccc(NC(=O)N(C)C(C)c2cccs2)cc1. The summed E-state index contributed by atoms with van der Waals surface area (Å²) in [5.74, 6) is 1.97. The van der Waals surface area contributed by atoms with Crippen molar-refractivity contribution in [2.45, 2.75) is 13.0 Å². The Balaban J connectivity index is 1.62. The number of urea groups is 1. The van der Waals surface area contributed by atoms with E-state index in [2.05, 4.69) is 5.32 Å². The summed E-state index contributed by atoms with van der Waals surface area (Å²) in [5, 5.41) is 4.92. The third kappa shape index (κ3) is 4.60. The topological polar surface area (TPSA) is 50.8 Å². The fourth-order valence-corrected chi connectivity index (χ4v) is 3.37. The van der Waals surface area contributed by atoms with Crippen LogP contribution >= 0.6 is 11.3 Å². The highest BCUT2D eigenvalue weighted by Gasteiger charge is 2.18. The maximum atomic E-state index is 12.5.